The molecule has 0 aliphatic heterocycles. The zero-order valence-electron chi connectivity index (χ0n) is 10.5. The van der Waals surface area contributed by atoms with Crippen LogP contribution in [0.2, 0.25) is 0 Å². The molecule has 2 heterocycles. The smallest absolute Gasteiger partial charge is 0.147 e. The second-order valence-corrected chi connectivity index (χ2v) is 5.29. The molecule has 0 amide bonds. The normalized spacial score (nSPS) is 10.7. The second-order valence-electron chi connectivity index (χ2n) is 4.37. The largest absolute Gasteiger partial charge is 0.369 e. The molecule has 0 unspecified atom stereocenters. The van der Waals surface area contributed by atoms with Gasteiger partial charge in [-0.05, 0) is 29.9 Å². The molecule has 0 aliphatic carbocycles. The summed E-state index contributed by atoms with van der Waals surface area (Å²) in [6, 6.07) is 12.6. The SMILES string of the molecule is c1ccc(CCCNc2ncnc3ccsc23)cc1. The van der Waals surface area contributed by atoms with Gasteiger partial charge in [-0.1, -0.05) is 30.3 Å². The lowest BCUT2D eigenvalue weighted by Crippen LogP contribution is -2.04. The minimum Gasteiger partial charge on any atom is -0.369 e. The van der Waals surface area contributed by atoms with Gasteiger partial charge >= 0.3 is 0 Å². The van der Waals surface area contributed by atoms with E-state index in [9.17, 15) is 0 Å². The molecule has 3 nitrogen and oxygen atoms in total. The van der Waals surface area contributed by atoms with E-state index in [0.717, 1.165) is 35.4 Å². The third-order valence-electron chi connectivity index (χ3n) is 3.02. The quantitative estimate of drug-likeness (QED) is 0.717. The zero-order valence-corrected chi connectivity index (χ0v) is 11.4. The number of aryl methyl sites for hydroxylation is 1. The standard InChI is InChI=1S/C15H15N3S/c1-2-5-12(6-3-1)7-4-9-16-15-14-13(8-10-19-14)17-11-18-15/h1-3,5-6,8,10-11H,4,7,9H2,(H,16,17,18). The molecule has 96 valence electrons. The summed E-state index contributed by atoms with van der Waals surface area (Å²) in [6.45, 7) is 0.929. The first kappa shape index (κ1) is 12.1. The first-order valence-corrected chi connectivity index (χ1v) is 7.27. The van der Waals surface area contributed by atoms with Gasteiger partial charge < -0.3 is 5.32 Å². The molecule has 0 atom stereocenters. The summed E-state index contributed by atoms with van der Waals surface area (Å²) in [5.41, 5.74) is 2.40. The molecule has 0 aliphatic rings. The van der Waals surface area contributed by atoms with Crippen LogP contribution in [-0.4, -0.2) is 16.5 Å². The minimum atomic E-state index is 0.929. The molecule has 0 fully saturated rings. The Morgan fingerprint density at radius 1 is 1.05 bits per heavy atom. The molecule has 2 aromatic heterocycles. The Morgan fingerprint density at radius 2 is 1.95 bits per heavy atom. The molecule has 1 aromatic carbocycles. The maximum Gasteiger partial charge on any atom is 0.147 e. The number of benzene rings is 1. The maximum absolute atomic E-state index is 4.31. The average Bonchev–Trinajstić information content (AvgIpc) is 2.94. The molecule has 0 radical (unpaired) electrons. The summed E-state index contributed by atoms with van der Waals surface area (Å²) >= 11 is 1.68. The van der Waals surface area contributed by atoms with Gasteiger partial charge in [-0.2, -0.15) is 0 Å². The topological polar surface area (TPSA) is 37.8 Å². The van der Waals surface area contributed by atoms with Crippen molar-refractivity contribution >= 4 is 27.4 Å². The number of nitrogens with zero attached hydrogens (tertiary/aromatic N) is 2. The Labute approximate surface area is 116 Å². The molecule has 19 heavy (non-hydrogen) atoms. The lowest BCUT2D eigenvalue weighted by atomic mass is 10.1. The number of hydrogen-bond acceptors (Lipinski definition) is 4. The van der Waals surface area contributed by atoms with Gasteiger partial charge in [0, 0.05) is 6.54 Å². The highest BCUT2D eigenvalue weighted by Gasteiger charge is 2.03. The summed E-state index contributed by atoms with van der Waals surface area (Å²) in [7, 11) is 0. The van der Waals surface area contributed by atoms with Crippen molar-refractivity contribution in [2.24, 2.45) is 0 Å². The number of anilines is 1. The van der Waals surface area contributed by atoms with Gasteiger partial charge in [0.1, 0.15) is 12.1 Å². The number of hydrogen-bond donors (Lipinski definition) is 1. The van der Waals surface area contributed by atoms with Crippen molar-refractivity contribution in [1.82, 2.24) is 9.97 Å². The van der Waals surface area contributed by atoms with Crippen LogP contribution in [0.25, 0.3) is 10.2 Å². The van der Waals surface area contributed by atoms with Gasteiger partial charge in [-0.3, -0.25) is 0 Å². The minimum absolute atomic E-state index is 0.929. The van der Waals surface area contributed by atoms with Crippen molar-refractivity contribution in [3.8, 4) is 0 Å². The van der Waals surface area contributed by atoms with Crippen LogP contribution < -0.4 is 5.32 Å². The van der Waals surface area contributed by atoms with E-state index in [0.29, 0.717) is 0 Å². The number of nitrogens with one attached hydrogen (secondary N) is 1. The first-order valence-electron chi connectivity index (χ1n) is 6.39. The molecule has 4 heteroatoms. The molecule has 0 bridgehead atoms. The highest BCUT2D eigenvalue weighted by molar-refractivity contribution is 7.17. The van der Waals surface area contributed by atoms with E-state index >= 15 is 0 Å². The summed E-state index contributed by atoms with van der Waals surface area (Å²) in [6.07, 6.45) is 3.81. The Balaban J connectivity index is 1.57. The molecule has 3 rings (SSSR count). The average molecular weight is 269 g/mol. The number of fused-ring (bicyclic) bond motifs is 1. The summed E-state index contributed by atoms with van der Waals surface area (Å²) in [4.78, 5) is 8.55. The number of thiophene rings is 1. The van der Waals surface area contributed by atoms with E-state index in [2.05, 4.69) is 51.0 Å². The molecule has 0 spiro atoms. The van der Waals surface area contributed by atoms with Crippen LogP contribution in [0.5, 0.6) is 0 Å². The van der Waals surface area contributed by atoms with Gasteiger partial charge in [0.2, 0.25) is 0 Å². The highest BCUT2D eigenvalue weighted by atomic mass is 32.1. The van der Waals surface area contributed by atoms with E-state index in [4.69, 9.17) is 0 Å². The fraction of sp³-hybridized carbons (Fsp3) is 0.200. The predicted octanol–water partition coefficient (Wildman–Crippen LogP) is 3.74. The van der Waals surface area contributed by atoms with E-state index in [-0.39, 0.29) is 0 Å². The van der Waals surface area contributed by atoms with Gasteiger partial charge in [-0.25, -0.2) is 9.97 Å². The lowest BCUT2D eigenvalue weighted by molar-refractivity contribution is 0.860. The second kappa shape index (κ2) is 5.80. The molecule has 0 saturated carbocycles. The van der Waals surface area contributed by atoms with Crippen LogP contribution in [0.3, 0.4) is 0 Å². The van der Waals surface area contributed by atoms with Gasteiger partial charge in [0.15, 0.2) is 0 Å². The maximum atomic E-state index is 4.31. The fourth-order valence-electron chi connectivity index (χ4n) is 2.06. The molecule has 1 N–H and O–H groups in total. The van der Waals surface area contributed by atoms with Crippen LogP contribution in [0, 0.1) is 0 Å². The summed E-state index contributed by atoms with van der Waals surface area (Å²) < 4.78 is 1.14. The van der Waals surface area contributed by atoms with Crippen LogP contribution in [0.4, 0.5) is 5.82 Å². The van der Waals surface area contributed by atoms with Gasteiger partial charge in [0.25, 0.3) is 0 Å². The van der Waals surface area contributed by atoms with Crippen molar-refractivity contribution in [2.45, 2.75) is 12.8 Å². The number of aromatic nitrogens is 2. The van der Waals surface area contributed by atoms with E-state index in [1.54, 1.807) is 17.7 Å². The van der Waals surface area contributed by atoms with Crippen LogP contribution in [0.1, 0.15) is 12.0 Å². The molecular formula is C15H15N3S. The first-order chi connectivity index (χ1) is 9.43. The Morgan fingerprint density at radius 3 is 2.84 bits per heavy atom. The van der Waals surface area contributed by atoms with Crippen molar-refractivity contribution in [1.29, 1.82) is 0 Å². The molecular weight excluding hydrogens is 254 g/mol. The lowest BCUT2D eigenvalue weighted by Gasteiger charge is -2.06. The van der Waals surface area contributed by atoms with E-state index in [1.165, 1.54) is 5.56 Å². The third-order valence-corrected chi connectivity index (χ3v) is 3.93. The van der Waals surface area contributed by atoms with Crippen molar-refractivity contribution in [3.63, 3.8) is 0 Å². The van der Waals surface area contributed by atoms with E-state index < -0.39 is 0 Å². The van der Waals surface area contributed by atoms with Crippen LogP contribution in [-0.2, 0) is 6.42 Å². The van der Waals surface area contributed by atoms with Gasteiger partial charge in [-0.15, -0.1) is 11.3 Å². The third kappa shape index (κ3) is 2.90. The predicted molar refractivity (Wildman–Crippen MR) is 80.7 cm³/mol. The van der Waals surface area contributed by atoms with Gasteiger partial charge in [0.05, 0.1) is 10.2 Å². The number of rotatable bonds is 5. The highest BCUT2D eigenvalue weighted by Crippen LogP contribution is 2.24. The summed E-state index contributed by atoms with van der Waals surface area (Å²) in [5.74, 6) is 0.952. The van der Waals surface area contributed by atoms with Crippen LogP contribution in [0.15, 0.2) is 48.1 Å². The van der Waals surface area contributed by atoms with Crippen molar-refractivity contribution in [2.75, 3.05) is 11.9 Å². The van der Waals surface area contributed by atoms with E-state index in [1.807, 2.05) is 6.07 Å². The molecule has 3 aromatic rings. The van der Waals surface area contributed by atoms with Crippen molar-refractivity contribution < 1.29 is 0 Å². The Hall–Kier alpha value is -1.94. The molecule has 0 saturated heterocycles. The van der Waals surface area contributed by atoms with Crippen LogP contribution >= 0.6 is 11.3 Å². The van der Waals surface area contributed by atoms with Crippen molar-refractivity contribution in [3.05, 3.63) is 53.7 Å². The Kier molecular flexibility index (Phi) is 3.70. The fourth-order valence-corrected chi connectivity index (χ4v) is 2.87. The Bertz CT molecular complexity index is 649. The summed E-state index contributed by atoms with van der Waals surface area (Å²) in [5, 5.41) is 5.45. The zero-order chi connectivity index (χ0) is 12.9. The monoisotopic (exact) mass is 269 g/mol.